The molecule has 0 aromatic rings. The summed E-state index contributed by atoms with van der Waals surface area (Å²) in [5.74, 6) is 0. The first-order valence-electron chi connectivity index (χ1n) is 1.42. The lowest BCUT2D eigenvalue weighted by molar-refractivity contribution is -0.201. The number of hydrogen-bond donors (Lipinski definition) is 2. The number of rotatable bonds is 1. The summed E-state index contributed by atoms with van der Waals surface area (Å²) in [6, 6.07) is 0. The van der Waals surface area contributed by atoms with E-state index in [4.69, 9.17) is 10.4 Å². The summed E-state index contributed by atoms with van der Waals surface area (Å²) in [5.41, 5.74) is 0. The molecule has 0 atom stereocenters. The van der Waals surface area contributed by atoms with Gasteiger partial charge in [0, 0.05) is 0 Å². The van der Waals surface area contributed by atoms with Crippen molar-refractivity contribution in [3.8, 4) is 0 Å². The van der Waals surface area contributed by atoms with Gasteiger partial charge in [0.05, 0.1) is 0 Å². The van der Waals surface area contributed by atoms with Gasteiger partial charge in [0.25, 0.3) is 0 Å². The Morgan fingerprint density at radius 1 is 1.60 bits per heavy atom. The molecule has 0 aliphatic heterocycles. The summed E-state index contributed by atoms with van der Waals surface area (Å²) >= 11 is 0. The van der Waals surface area contributed by atoms with Crippen molar-refractivity contribution in [1.82, 2.24) is 5.23 Å². The molecule has 3 heteroatoms. The molecule has 0 saturated carbocycles. The second kappa shape index (κ2) is 2.14. The number of nitrogens with zero attached hydrogens (tertiary/aromatic N) is 1. The van der Waals surface area contributed by atoms with E-state index < -0.39 is 0 Å². The van der Waals surface area contributed by atoms with Gasteiger partial charge in [-0.25, -0.2) is 0 Å². The molecule has 5 heavy (non-hydrogen) atoms. The minimum absolute atomic E-state index is 0.125. The van der Waals surface area contributed by atoms with E-state index >= 15 is 0 Å². The monoisotopic (exact) mass is 77.0 g/mol. The van der Waals surface area contributed by atoms with Crippen molar-refractivity contribution in [2.24, 2.45) is 0 Å². The zero-order chi connectivity index (χ0) is 4.28. The average molecular weight is 77.1 g/mol. The predicted molar refractivity (Wildman–Crippen MR) is 16.2 cm³/mol. The first-order valence-corrected chi connectivity index (χ1v) is 1.42. The van der Waals surface area contributed by atoms with Crippen LogP contribution in [0.3, 0.4) is 0 Å². The van der Waals surface area contributed by atoms with E-state index in [0.717, 1.165) is 0 Å². The van der Waals surface area contributed by atoms with Gasteiger partial charge in [0.1, 0.15) is 0 Å². The second-order valence-corrected chi connectivity index (χ2v) is 0.689. The molecule has 0 aliphatic rings. The zero-order valence-corrected chi connectivity index (χ0v) is 3.05. The highest BCUT2D eigenvalue weighted by atomic mass is 16.8. The van der Waals surface area contributed by atoms with Crippen LogP contribution in [0.5, 0.6) is 0 Å². The Morgan fingerprint density at radius 2 is 1.80 bits per heavy atom. The van der Waals surface area contributed by atoms with Gasteiger partial charge in [-0.1, -0.05) is 0 Å². The van der Waals surface area contributed by atoms with Crippen LogP contribution in [0, 0.1) is 0 Å². The third-order valence-electron chi connectivity index (χ3n) is 0.283. The van der Waals surface area contributed by atoms with Gasteiger partial charge in [-0.15, -0.1) is 10.4 Å². The summed E-state index contributed by atoms with van der Waals surface area (Å²) in [6.45, 7) is 1.88. The topological polar surface area (TPSA) is 46.4 Å². The molecule has 0 saturated heterocycles. The molecular formula is C2H7NO2+. The largest absolute Gasteiger partial charge is 0.199 e. The fraction of sp³-hybridized carbons (Fsp3) is 1.00. The van der Waals surface area contributed by atoms with Gasteiger partial charge in [0.2, 0.25) is 0 Å². The summed E-state index contributed by atoms with van der Waals surface area (Å²) in [7, 11) is 0. The van der Waals surface area contributed by atoms with E-state index in [1.54, 1.807) is 6.92 Å². The van der Waals surface area contributed by atoms with E-state index in [9.17, 15) is 0 Å². The standard InChI is InChI=1S/C2H7NO2/c1-2-3(4)5/h4-5H,2H2,1H3/q+1. The molecule has 0 unspecified atom stereocenters. The van der Waals surface area contributed by atoms with Crippen molar-refractivity contribution in [2.75, 3.05) is 6.54 Å². The van der Waals surface area contributed by atoms with Crippen LogP contribution in [-0.4, -0.2) is 17.0 Å². The van der Waals surface area contributed by atoms with E-state index in [0.29, 0.717) is 0 Å². The Kier molecular flexibility index (Phi) is 2.09. The van der Waals surface area contributed by atoms with Crippen LogP contribution < -0.4 is 5.23 Å². The van der Waals surface area contributed by atoms with Crippen molar-refractivity contribution in [3.05, 3.63) is 0 Å². The van der Waals surface area contributed by atoms with Crippen molar-refractivity contribution in [1.29, 1.82) is 0 Å². The molecule has 0 bridgehead atoms. The third kappa shape index (κ3) is 3.88. The lowest BCUT2D eigenvalue weighted by Crippen LogP contribution is -2.18. The maximum absolute atomic E-state index is 7.75. The normalized spacial score (nSPS) is 9.60. The zero-order valence-electron chi connectivity index (χ0n) is 3.05. The Bertz CT molecular complexity index is 21.6. The fourth-order valence-electron chi connectivity index (χ4n) is 0. The first kappa shape index (κ1) is 4.88. The smallest absolute Gasteiger partial charge is 0.124 e. The van der Waals surface area contributed by atoms with Crippen LogP contribution in [0.15, 0.2) is 0 Å². The van der Waals surface area contributed by atoms with Crippen molar-refractivity contribution in [2.45, 2.75) is 6.92 Å². The summed E-state index contributed by atoms with van der Waals surface area (Å²) < 4.78 is 0. The molecular weight excluding hydrogens is 70.0 g/mol. The van der Waals surface area contributed by atoms with E-state index in [1.165, 1.54) is 0 Å². The molecule has 0 amide bonds. The second-order valence-electron chi connectivity index (χ2n) is 0.689. The minimum Gasteiger partial charge on any atom is -0.124 e. The maximum atomic E-state index is 7.75. The van der Waals surface area contributed by atoms with Gasteiger partial charge in [-0.05, 0) is 6.92 Å². The molecule has 0 aliphatic carbocycles. The number of hydroxylamine groups is 2. The van der Waals surface area contributed by atoms with Crippen LogP contribution in [0.4, 0.5) is 0 Å². The van der Waals surface area contributed by atoms with Gasteiger partial charge in [-0.2, -0.15) is 0 Å². The lowest BCUT2D eigenvalue weighted by Gasteiger charge is -1.77. The predicted octanol–water partition coefficient (Wildman–Crippen LogP) is -0.0752. The highest BCUT2D eigenvalue weighted by Gasteiger charge is 1.94. The Hall–Kier alpha value is -0.120. The summed E-state index contributed by atoms with van der Waals surface area (Å²) in [6.07, 6.45) is 0. The van der Waals surface area contributed by atoms with E-state index in [2.05, 4.69) is 0 Å². The summed E-state index contributed by atoms with van der Waals surface area (Å²) in [5, 5.41) is 15.6. The van der Waals surface area contributed by atoms with Crippen molar-refractivity contribution >= 4 is 0 Å². The molecule has 0 rings (SSSR count). The van der Waals surface area contributed by atoms with Gasteiger partial charge < -0.3 is 0 Å². The highest BCUT2D eigenvalue weighted by Crippen LogP contribution is 1.56. The van der Waals surface area contributed by atoms with Crippen LogP contribution in [0.2, 0.25) is 0 Å². The average Bonchev–Trinajstić information content (AvgIpc) is 1.38. The summed E-state index contributed by atoms with van der Waals surface area (Å²) in [4.78, 5) is 0. The van der Waals surface area contributed by atoms with Gasteiger partial charge in [0.15, 0.2) is 11.8 Å². The molecule has 31 valence electrons. The Morgan fingerprint density at radius 3 is 1.80 bits per heavy atom. The van der Waals surface area contributed by atoms with Crippen LogP contribution in [-0.2, 0) is 0 Å². The van der Waals surface area contributed by atoms with E-state index in [-0.39, 0.29) is 11.8 Å². The fourth-order valence-corrected chi connectivity index (χ4v) is 0. The Balaban J connectivity index is 2.54. The molecule has 0 fully saturated rings. The molecule has 0 spiro atoms. The maximum Gasteiger partial charge on any atom is 0.199 e. The quantitative estimate of drug-likeness (QED) is 0.430. The molecule has 1 radical (unpaired) electrons. The van der Waals surface area contributed by atoms with Crippen molar-refractivity contribution in [3.63, 3.8) is 0 Å². The molecule has 2 N–H and O–H groups in total. The minimum atomic E-state index is 0.125. The van der Waals surface area contributed by atoms with Crippen molar-refractivity contribution < 1.29 is 10.4 Å². The molecule has 3 nitrogen and oxygen atoms in total. The first-order chi connectivity index (χ1) is 2.27. The molecule has 0 aromatic carbocycles. The van der Waals surface area contributed by atoms with E-state index in [1.807, 2.05) is 0 Å². The third-order valence-corrected chi connectivity index (χ3v) is 0.283. The molecule has 0 aromatic heterocycles. The van der Waals surface area contributed by atoms with Gasteiger partial charge >= 0.3 is 0 Å². The highest BCUT2D eigenvalue weighted by molar-refractivity contribution is 4.11. The lowest BCUT2D eigenvalue weighted by atomic mass is 10.8. The van der Waals surface area contributed by atoms with Crippen LogP contribution >= 0.6 is 0 Å². The van der Waals surface area contributed by atoms with Gasteiger partial charge in [-0.3, -0.25) is 0 Å². The Labute approximate surface area is 30.4 Å². The molecule has 0 heterocycles. The number of hydrogen-bond acceptors (Lipinski definition) is 3. The van der Waals surface area contributed by atoms with Crippen LogP contribution in [0.1, 0.15) is 6.92 Å². The SMILES string of the molecule is CC[N+](O)O. The van der Waals surface area contributed by atoms with Crippen LogP contribution in [0.25, 0.3) is 0 Å².